The van der Waals surface area contributed by atoms with Gasteiger partial charge in [-0.3, -0.25) is 10.1 Å². The van der Waals surface area contributed by atoms with E-state index < -0.39 is 10.9 Å². The molecule has 0 saturated carbocycles. The molecule has 0 unspecified atom stereocenters. The first kappa shape index (κ1) is 13.0. The van der Waals surface area contributed by atoms with Gasteiger partial charge in [0.25, 0.3) is 0 Å². The molecule has 106 valence electrons. The molecule has 1 aliphatic rings. The smallest absolute Gasteiger partial charge is 0.335 e. The Balaban J connectivity index is 1.95. The summed E-state index contributed by atoms with van der Waals surface area (Å²) in [6.45, 7) is 0.890. The number of fused-ring (bicyclic) bond motifs is 1. The number of hydrogen-bond acceptors (Lipinski definition) is 5. The second-order valence-corrected chi connectivity index (χ2v) is 4.75. The van der Waals surface area contributed by atoms with Gasteiger partial charge in [0.1, 0.15) is 0 Å². The van der Waals surface area contributed by atoms with Crippen LogP contribution in [-0.2, 0) is 13.1 Å². The lowest BCUT2D eigenvalue weighted by molar-refractivity contribution is -0.384. The second-order valence-electron chi connectivity index (χ2n) is 4.75. The average Bonchev–Trinajstić information content (AvgIpc) is 2.89. The summed E-state index contributed by atoms with van der Waals surface area (Å²) in [5.74, 6) is -0.685. The van der Waals surface area contributed by atoms with Crippen LogP contribution in [0.15, 0.2) is 36.5 Å². The van der Waals surface area contributed by atoms with E-state index >= 15 is 0 Å². The van der Waals surface area contributed by atoms with E-state index in [1.165, 1.54) is 24.4 Å². The fourth-order valence-electron chi connectivity index (χ4n) is 2.45. The first-order valence-corrected chi connectivity index (χ1v) is 6.25. The van der Waals surface area contributed by atoms with E-state index in [2.05, 4.69) is 4.98 Å². The Bertz CT molecular complexity index is 745. The van der Waals surface area contributed by atoms with E-state index in [-0.39, 0.29) is 11.3 Å². The minimum absolute atomic E-state index is 0.0521. The van der Waals surface area contributed by atoms with Gasteiger partial charge in [0.05, 0.1) is 10.5 Å². The Hall–Kier alpha value is -2.96. The molecule has 1 aromatic heterocycles. The number of aromatic carboxylic acids is 1. The highest BCUT2D eigenvalue weighted by Gasteiger charge is 2.26. The first-order valence-electron chi connectivity index (χ1n) is 6.25. The number of carboxylic acids is 1. The number of benzene rings is 1. The molecular formula is C14H11N3O4. The van der Waals surface area contributed by atoms with Crippen molar-refractivity contribution < 1.29 is 14.8 Å². The standard InChI is InChI=1S/C14H11N3O4/c18-14(19)9-3-4-10-7-16(8-11(10)6-9)13-12(17(20)21)2-1-5-15-13/h1-6H,7-8H2,(H,18,19). The fourth-order valence-corrected chi connectivity index (χ4v) is 2.45. The number of rotatable bonds is 3. The lowest BCUT2D eigenvalue weighted by atomic mass is 10.1. The molecule has 0 radical (unpaired) electrons. The number of aromatic nitrogens is 1. The van der Waals surface area contributed by atoms with Gasteiger partial charge in [-0.15, -0.1) is 0 Å². The summed E-state index contributed by atoms with van der Waals surface area (Å²) < 4.78 is 0. The van der Waals surface area contributed by atoms with Gasteiger partial charge in [0.15, 0.2) is 0 Å². The van der Waals surface area contributed by atoms with Crippen molar-refractivity contribution in [3.05, 3.63) is 63.3 Å². The van der Waals surface area contributed by atoms with E-state index in [9.17, 15) is 14.9 Å². The average molecular weight is 285 g/mol. The van der Waals surface area contributed by atoms with Gasteiger partial charge in [-0.1, -0.05) is 6.07 Å². The van der Waals surface area contributed by atoms with Crippen LogP contribution < -0.4 is 4.90 Å². The van der Waals surface area contributed by atoms with Gasteiger partial charge in [-0.25, -0.2) is 9.78 Å². The number of anilines is 1. The summed E-state index contributed by atoms with van der Waals surface area (Å²) in [7, 11) is 0. The second kappa shape index (κ2) is 4.86. The molecular weight excluding hydrogens is 274 g/mol. The number of carboxylic acid groups (broad SMARTS) is 1. The SMILES string of the molecule is O=C(O)c1ccc2c(c1)CN(c1ncccc1[N+](=O)[O-])C2. The molecule has 0 spiro atoms. The van der Waals surface area contributed by atoms with Crippen LogP contribution in [-0.4, -0.2) is 21.0 Å². The molecule has 7 heteroatoms. The Morgan fingerprint density at radius 1 is 1.29 bits per heavy atom. The van der Waals surface area contributed by atoms with Crippen LogP contribution in [0.2, 0.25) is 0 Å². The minimum Gasteiger partial charge on any atom is -0.478 e. The molecule has 1 aromatic carbocycles. The van der Waals surface area contributed by atoms with Crippen LogP contribution in [0.4, 0.5) is 11.5 Å². The lowest BCUT2D eigenvalue weighted by Gasteiger charge is -2.15. The highest BCUT2D eigenvalue weighted by Crippen LogP contribution is 2.32. The van der Waals surface area contributed by atoms with Crippen LogP contribution in [0.1, 0.15) is 21.5 Å². The molecule has 2 aromatic rings. The van der Waals surface area contributed by atoms with Gasteiger partial charge in [-0.2, -0.15) is 0 Å². The number of carbonyl (C=O) groups is 1. The van der Waals surface area contributed by atoms with Gasteiger partial charge < -0.3 is 10.0 Å². The third kappa shape index (κ3) is 2.29. The predicted octanol–water partition coefficient (Wildman–Crippen LogP) is 2.21. The highest BCUT2D eigenvalue weighted by molar-refractivity contribution is 5.88. The Kier molecular flexibility index (Phi) is 3.02. The molecule has 3 rings (SSSR count). The quantitative estimate of drug-likeness (QED) is 0.686. The molecule has 0 fully saturated rings. The first-order chi connectivity index (χ1) is 10.1. The molecule has 0 saturated heterocycles. The van der Waals surface area contributed by atoms with Crippen LogP contribution in [0.25, 0.3) is 0 Å². The fraction of sp³-hybridized carbons (Fsp3) is 0.143. The highest BCUT2D eigenvalue weighted by atomic mass is 16.6. The van der Waals surface area contributed by atoms with E-state index in [0.717, 1.165) is 11.1 Å². The van der Waals surface area contributed by atoms with Crippen molar-refractivity contribution in [2.75, 3.05) is 4.90 Å². The van der Waals surface area contributed by atoms with Crippen molar-refractivity contribution in [2.45, 2.75) is 13.1 Å². The van der Waals surface area contributed by atoms with Gasteiger partial charge in [-0.05, 0) is 29.3 Å². The van der Waals surface area contributed by atoms with Crippen molar-refractivity contribution in [3.63, 3.8) is 0 Å². The summed E-state index contributed by atoms with van der Waals surface area (Å²) in [6, 6.07) is 7.82. The topological polar surface area (TPSA) is 96.6 Å². The predicted molar refractivity (Wildman–Crippen MR) is 74.2 cm³/mol. The largest absolute Gasteiger partial charge is 0.478 e. The van der Waals surface area contributed by atoms with E-state index in [1.807, 2.05) is 0 Å². The Labute approximate surface area is 119 Å². The third-order valence-electron chi connectivity index (χ3n) is 3.44. The molecule has 21 heavy (non-hydrogen) atoms. The van der Waals surface area contributed by atoms with Gasteiger partial charge in [0.2, 0.25) is 5.82 Å². The summed E-state index contributed by atoms with van der Waals surface area (Å²) in [5, 5.41) is 20.1. The normalized spacial score (nSPS) is 13.0. The van der Waals surface area contributed by atoms with Gasteiger partial charge in [0, 0.05) is 25.4 Å². The summed E-state index contributed by atoms with van der Waals surface area (Å²) in [4.78, 5) is 27.4. The Morgan fingerprint density at radius 3 is 2.76 bits per heavy atom. The maximum atomic E-state index is 11.1. The summed E-state index contributed by atoms with van der Waals surface area (Å²) in [5.41, 5.74) is 1.98. The van der Waals surface area contributed by atoms with Gasteiger partial charge >= 0.3 is 11.7 Å². The number of nitrogens with zero attached hydrogens (tertiary/aromatic N) is 3. The molecule has 0 atom stereocenters. The van der Waals surface area contributed by atoms with E-state index in [0.29, 0.717) is 18.9 Å². The van der Waals surface area contributed by atoms with Crippen molar-refractivity contribution in [3.8, 4) is 0 Å². The summed E-state index contributed by atoms with van der Waals surface area (Å²) in [6.07, 6.45) is 1.51. The van der Waals surface area contributed by atoms with Crippen molar-refractivity contribution in [1.82, 2.24) is 4.98 Å². The molecule has 7 nitrogen and oxygen atoms in total. The van der Waals surface area contributed by atoms with Crippen LogP contribution in [0.3, 0.4) is 0 Å². The van der Waals surface area contributed by atoms with Crippen molar-refractivity contribution >= 4 is 17.5 Å². The minimum atomic E-state index is -0.986. The van der Waals surface area contributed by atoms with E-state index in [4.69, 9.17) is 5.11 Å². The number of pyridine rings is 1. The zero-order valence-electron chi connectivity index (χ0n) is 10.9. The molecule has 0 aliphatic carbocycles. The zero-order valence-corrected chi connectivity index (χ0v) is 10.9. The molecule has 0 bridgehead atoms. The maximum absolute atomic E-state index is 11.1. The van der Waals surface area contributed by atoms with Crippen LogP contribution in [0, 0.1) is 10.1 Å². The monoisotopic (exact) mass is 285 g/mol. The number of nitro groups is 1. The third-order valence-corrected chi connectivity index (χ3v) is 3.44. The molecule has 0 amide bonds. The van der Waals surface area contributed by atoms with E-state index in [1.54, 1.807) is 17.0 Å². The lowest BCUT2D eigenvalue weighted by Crippen LogP contribution is -2.17. The Morgan fingerprint density at radius 2 is 2.05 bits per heavy atom. The molecule has 1 N–H and O–H groups in total. The summed E-state index contributed by atoms with van der Waals surface area (Å²) >= 11 is 0. The van der Waals surface area contributed by atoms with Crippen molar-refractivity contribution in [1.29, 1.82) is 0 Å². The maximum Gasteiger partial charge on any atom is 0.335 e. The zero-order chi connectivity index (χ0) is 15.0. The van der Waals surface area contributed by atoms with Crippen molar-refractivity contribution in [2.24, 2.45) is 0 Å². The van der Waals surface area contributed by atoms with Crippen LogP contribution >= 0.6 is 0 Å². The van der Waals surface area contributed by atoms with Crippen LogP contribution in [0.5, 0.6) is 0 Å². The number of hydrogen-bond donors (Lipinski definition) is 1. The molecule has 1 aliphatic heterocycles. The molecule has 2 heterocycles.